The molecule has 1 atom stereocenters. The van der Waals surface area contributed by atoms with Crippen molar-refractivity contribution in [3.05, 3.63) is 66.2 Å². The molecule has 0 aliphatic rings. The quantitative estimate of drug-likeness (QED) is 0.475. The van der Waals surface area contributed by atoms with Crippen LogP contribution in [-0.2, 0) is 22.1 Å². The molecule has 0 spiro atoms. The lowest BCUT2D eigenvalue weighted by Gasteiger charge is -2.17. The topological polar surface area (TPSA) is 82.5 Å². The average Bonchev–Trinajstić information content (AvgIpc) is 3.22. The van der Waals surface area contributed by atoms with Gasteiger partial charge in [0.15, 0.2) is 0 Å². The van der Waals surface area contributed by atoms with Gasteiger partial charge in [0.25, 0.3) is 0 Å². The van der Waals surface area contributed by atoms with Gasteiger partial charge < -0.3 is 14.9 Å². The minimum absolute atomic E-state index is 0. The average molecular weight is 451 g/mol. The zero-order valence-electron chi connectivity index (χ0n) is 16.3. The Balaban J connectivity index is 0.00000272. The van der Waals surface area contributed by atoms with Crippen molar-refractivity contribution in [2.45, 2.75) is 18.6 Å². The van der Waals surface area contributed by atoms with Crippen LogP contribution in [0.1, 0.15) is 11.3 Å². The van der Waals surface area contributed by atoms with E-state index in [4.69, 9.17) is 5.73 Å². The number of halogens is 4. The minimum atomic E-state index is -4.61. The van der Waals surface area contributed by atoms with E-state index in [0.29, 0.717) is 11.1 Å². The molecule has 0 amide bonds. The molecule has 1 aromatic carbocycles. The lowest BCUT2D eigenvalue weighted by molar-refractivity contribution is -0.142. The van der Waals surface area contributed by atoms with Crippen molar-refractivity contribution in [3.63, 3.8) is 0 Å². The van der Waals surface area contributed by atoms with E-state index in [0.717, 1.165) is 0 Å². The van der Waals surface area contributed by atoms with Crippen LogP contribution >= 0.6 is 12.4 Å². The second kappa shape index (κ2) is 8.52. The van der Waals surface area contributed by atoms with Gasteiger partial charge in [-0.15, -0.1) is 12.4 Å². The van der Waals surface area contributed by atoms with Crippen LogP contribution in [0.15, 0.2) is 55.0 Å². The third-order valence-corrected chi connectivity index (χ3v) is 4.90. The molecular formula is C21H18ClF3N4O2. The number of pyridine rings is 2. The van der Waals surface area contributed by atoms with Gasteiger partial charge in [-0.1, -0.05) is 24.3 Å². The van der Waals surface area contributed by atoms with Crippen molar-refractivity contribution < 1.29 is 22.7 Å². The third kappa shape index (κ3) is 4.06. The first-order chi connectivity index (χ1) is 14.3. The monoisotopic (exact) mass is 450 g/mol. The van der Waals surface area contributed by atoms with Crippen LogP contribution in [0.4, 0.5) is 13.2 Å². The van der Waals surface area contributed by atoms with E-state index in [-0.39, 0.29) is 41.1 Å². The number of fused-ring (bicyclic) bond motifs is 2. The van der Waals surface area contributed by atoms with E-state index in [2.05, 4.69) is 14.7 Å². The molecule has 0 bridgehead atoms. The Morgan fingerprint density at radius 3 is 2.65 bits per heavy atom. The number of carbonyl (C=O) groups is 1. The summed E-state index contributed by atoms with van der Waals surface area (Å²) < 4.78 is 48.3. The lowest BCUT2D eigenvalue weighted by Crippen LogP contribution is -2.34. The highest BCUT2D eigenvalue weighted by molar-refractivity contribution is 5.92. The normalized spacial score (nSPS) is 12.5. The first-order valence-corrected chi connectivity index (χ1v) is 9.05. The number of ether oxygens (including phenoxy) is 1. The summed E-state index contributed by atoms with van der Waals surface area (Å²) in [6.45, 7) is 0. The van der Waals surface area contributed by atoms with Gasteiger partial charge in [-0.05, 0) is 17.5 Å². The van der Waals surface area contributed by atoms with E-state index >= 15 is 0 Å². The standard InChI is InChI=1S/C21H17F3N4O2.ClH/c1-30-20(29)16(25)10-13-6-7-15(19-26-8-9-28(13)19)18-17(21(22,23)24)14-5-3-2-4-12(14)11-27-18;/h2-9,11,16H,10,25H2,1H3;1H/t16-;/m0./s1. The molecule has 0 aliphatic heterocycles. The van der Waals surface area contributed by atoms with Gasteiger partial charge in [-0.2, -0.15) is 13.2 Å². The number of rotatable bonds is 4. The SMILES string of the molecule is COC(=O)[C@@H](N)Cc1ccc(-c2ncc3ccccc3c2C(F)(F)F)c2nccn12.Cl. The van der Waals surface area contributed by atoms with Crippen molar-refractivity contribution in [1.29, 1.82) is 0 Å². The molecule has 4 rings (SSSR count). The van der Waals surface area contributed by atoms with E-state index in [1.807, 2.05) is 0 Å². The second-order valence-corrected chi connectivity index (χ2v) is 6.76. The molecule has 0 saturated heterocycles. The maximum Gasteiger partial charge on any atom is 0.419 e. The Labute approximate surface area is 181 Å². The molecule has 4 aromatic rings. The summed E-state index contributed by atoms with van der Waals surface area (Å²) in [5, 5.41) is 0.463. The molecule has 0 radical (unpaired) electrons. The molecule has 0 saturated carbocycles. The zero-order chi connectivity index (χ0) is 21.5. The Kier molecular flexibility index (Phi) is 6.19. The maximum atomic E-state index is 14.0. The molecule has 3 heterocycles. The highest BCUT2D eigenvalue weighted by Crippen LogP contribution is 2.41. The number of aromatic nitrogens is 3. The van der Waals surface area contributed by atoms with Crippen LogP contribution in [-0.4, -0.2) is 33.5 Å². The summed E-state index contributed by atoms with van der Waals surface area (Å²) in [5.41, 5.74) is 5.95. The van der Waals surface area contributed by atoms with Gasteiger partial charge in [0.2, 0.25) is 0 Å². The number of nitrogens with two attached hydrogens (primary N) is 1. The Bertz CT molecular complexity index is 1260. The smallest absolute Gasteiger partial charge is 0.419 e. The third-order valence-electron chi connectivity index (χ3n) is 4.90. The predicted octanol–water partition coefficient (Wildman–Crippen LogP) is 4.03. The van der Waals surface area contributed by atoms with E-state index < -0.39 is 23.8 Å². The molecule has 10 heteroatoms. The number of hydrogen-bond acceptors (Lipinski definition) is 5. The Hall–Kier alpha value is -3.17. The van der Waals surface area contributed by atoms with Crippen molar-refractivity contribution in [2.24, 2.45) is 5.73 Å². The summed E-state index contributed by atoms with van der Waals surface area (Å²) in [7, 11) is 1.24. The van der Waals surface area contributed by atoms with Gasteiger partial charge in [0, 0.05) is 41.7 Å². The fourth-order valence-electron chi connectivity index (χ4n) is 3.53. The molecule has 3 aromatic heterocycles. The summed E-state index contributed by atoms with van der Waals surface area (Å²) in [6.07, 6.45) is 0.0169. The number of nitrogens with zero attached hydrogens (tertiary/aromatic N) is 3. The molecule has 6 nitrogen and oxygen atoms in total. The zero-order valence-corrected chi connectivity index (χ0v) is 17.1. The number of methoxy groups -OCH3 is 1. The molecule has 0 fully saturated rings. The summed E-state index contributed by atoms with van der Waals surface area (Å²) >= 11 is 0. The van der Waals surface area contributed by atoms with Crippen molar-refractivity contribution in [3.8, 4) is 11.3 Å². The summed E-state index contributed by atoms with van der Waals surface area (Å²) in [6, 6.07) is 8.47. The van der Waals surface area contributed by atoms with Crippen LogP contribution < -0.4 is 5.73 Å². The lowest BCUT2D eigenvalue weighted by atomic mass is 9.99. The number of benzene rings is 1. The first-order valence-electron chi connectivity index (χ1n) is 9.05. The Morgan fingerprint density at radius 1 is 1.19 bits per heavy atom. The molecule has 2 N–H and O–H groups in total. The van der Waals surface area contributed by atoms with E-state index in [1.54, 1.807) is 34.9 Å². The number of carbonyl (C=O) groups excluding carboxylic acids is 1. The molecule has 0 aliphatic carbocycles. The predicted molar refractivity (Wildman–Crippen MR) is 112 cm³/mol. The van der Waals surface area contributed by atoms with Crippen LogP contribution in [0.2, 0.25) is 0 Å². The van der Waals surface area contributed by atoms with E-state index in [1.165, 1.54) is 31.6 Å². The van der Waals surface area contributed by atoms with Gasteiger partial charge >= 0.3 is 12.1 Å². The van der Waals surface area contributed by atoms with Crippen molar-refractivity contribution in [1.82, 2.24) is 14.4 Å². The molecule has 0 unspecified atom stereocenters. The van der Waals surface area contributed by atoms with E-state index in [9.17, 15) is 18.0 Å². The van der Waals surface area contributed by atoms with Gasteiger partial charge in [0.1, 0.15) is 11.7 Å². The fourth-order valence-corrected chi connectivity index (χ4v) is 3.53. The number of esters is 1. The van der Waals surface area contributed by atoms with Gasteiger partial charge in [0.05, 0.1) is 18.4 Å². The fraction of sp³-hybridized carbons (Fsp3) is 0.190. The molecule has 162 valence electrons. The highest BCUT2D eigenvalue weighted by Gasteiger charge is 2.37. The number of alkyl halides is 3. The van der Waals surface area contributed by atoms with Crippen molar-refractivity contribution in [2.75, 3.05) is 7.11 Å². The van der Waals surface area contributed by atoms with Crippen LogP contribution in [0, 0.1) is 0 Å². The van der Waals surface area contributed by atoms with Gasteiger partial charge in [-0.3, -0.25) is 9.78 Å². The largest absolute Gasteiger partial charge is 0.468 e. The molecular weight excluding hydrogens is 433 g/mol. The summed E-state index contributed by atoms with van der Waals surface area (Å²) in [4.78, 5) is 20.0. The van der Waals surface area contributed by atoms with Crippen LogP contribution in [0.25, 0.3) is 27.7 Å². The first kappa shape index (κ1) is 22.5. The summed E-state index contributed by atoms with van der Waals surface area (Å²) in [5.74, 6) is -0.581. The van der Waals surface area contributed by atoms with Crippen LogP contribution in [0.5, 0.6) is 0 Å². The number of imidazole rings is 1. The number of hydrogen-bond donors (Lipinski definition) is 1. The van der Waals surface area contributed by atoms with Crippen LogP contribution in [0.3, 0.4) is 0 Å². The maximum absolute atomic E-state index is 14.0. The molecule has 31 heavy (non-hydrogen) atoms. The Morgan fingerprint density at radius 2 is 1.94 bits per heavy atom. The minimum Gasteiger partial charge on any atom is -0.468 e. The van der Waals surface area contributed by atoms with Crippen molar-refractivity contribution >= 4 is 34.8 Å². The highest BCUT2D eigenvalue weighted by atomic mass is 35.5. The second-order valence-electron chi connectivity index (χ2n) is 6.76. The van der Waals surface area contributed by atoms with Gasteiger partial charge in [-0.25, -0.2) is 4.98 Å².